The van der Waals surface area contributed by atoms with Crippen molar-refractivity contribution >= 4 is 27.8 Å². The van der Waals surface area contributed by atoms with E-state index in [2.05, 4.69) is 66.1 Å². The normalized spacial score (nSPS) is 11.2. The highest BCUT2D eigenvalue weighted by Gasteiger charge is 2.15. The summed E-state index contributed by atoms with van der Waals surface area (Å²) < 4.78 is 0. The number of allylic oxidation sites excluding steroid dienone is 1. The number of nitrogens with zero attached hydrogens (tertiary/aromatic N) is 5. The first-order valence-electron chi connectivity index (χ1n) is 11.3. The predicted molar refractivity (Wildman–Crippen MR) is 138 cm³/mol. The smallest absolute Gasteiger partial charge is 0.181 e. The lowest BCUT2D eigenvalue weighted by atomic mass is 10.0. The lowest BCUT2D eigenvalue weighted by molar-refractivity contribution is 1.10. The third-order valence-electron chi connectivity index (χ3n) is 6.00. The van der Waals surface area contributed by atoms with Crippen LogP contribution < -0.4 is 5.32 Å². The summed E-state index contributed by atoms with van der Waals surface area (Å²) in [4.78, 5) is 21.2. The van der Waals surface area contributed by atoms with Gasteiger partial charge in [-0.2, -0.15) is 5.10 Å². The van der Waals surface area contributed by atoms with Gasteiger partial charge in [0.05, 0.1) is 23.3 Å². The topological polar surface area (TPSA) is 108 Å². The zero-order valence-corrected chi connectivity index (χ0v) is 19.1. The van der Waals surface area contributed by atoms with Gasteiger partial charge in [-0.05, 0) is 42.3 Å². The fourth-order valence-electron chi connectivity index (χ4n) is 4.16. The Labute approximate surface area is 201 Å². The molecule has 0 atom stereocenters. The van der Waals surface area contributed by atoms with E-state index in [0.717, 1.165) is 67.9 Å². The van der Waals surface area contributed by atoms with E-state index in [1.54, 1.807) is 18.6 Å². The molecule has 8 heteroatoms. The lowest BCUT2D eigenvalue weighted by Gasteiger charge is -2.09. The molecule has 0 aliphatic carbocycles. The van der Waals surface area contributed by atoms with Gasteiger partial charge in [0.25, 0.3) is 0 Å². The van der Waals surface area contributed by atoms with E-state index in [9.17, 15) is 0 Å². The van der Waals surface area contributed by atoms with Crippen LogP contribution >= 0.6 is 0 Å². The van der Waals surface area contributed by atoms with E-state index in [4.69, 9.17) is 0 Å². The minimum atomic E-state index is 0.643. The Hall–Kier alpha value is -4.85. The molecule has 0 spiro atoms. The maximum absolute atomic E-state index is 4.58. The number of pyridine rings is 4. The molecular weight excluding hydrogens is 436 g/mol. The molecule has 170 valence electrons. The van der Waals surface area contributed by atoms with Gasteiger partial charge >= 0.3 is 0 Å². The molecular formula is C27H22N8. The van der Waals surface area contributed by atoms with Gasteiger partial charge in [0.15, 0.2) is 5.65 Å². The van der Waals surface area contributed by atoms with E-state index in [1.807, 2.05) is 42.9 Å². The van der Waals surface area contributed by atoms with Crippen molar-refractivity contribution in [2.24, 2.45) is 0 Å². The van der Waals surface area contributed by atoms with Crippen LogP contribution in [0.25, 0.3) is 55.7 Å². The number of fused-ring (bicyclic) bond motifs is 2. The average molecular weight is 459 g/mol. The molecule has 3 N–H and O–H groups in total. The van der Waals surface area contributed by atoms with Crippen LogP contribution in [0.1, 0.15) is 13.3 Å². The molecule has 0 saturated heterocycles. The number of hydrogen-bond acceptors (Lipinski definition) is 6. The minimum Gasteiger partial charge on any atom is -0.358 e. The average Bonchev–Trinajstić information content (AvgIpc) is 3.53. The third kappa shape index (κ3) is 3.80. The van der Waals surface area contributed by atoms with E-state index in [-0.39, 0.29) is 0 Å². The zero-order valence-electron chi connectivity index (χ0n) is 19.1. The number of aromatic nitrogens is 7. The highest BCUT2D eigenvalue weighted by molar-refractivity contribution is 5.99. The van der Waals surface area contributed by atoms with Crippen LogP contribution in [0.2, 0.25) is 0 Å². The molecule has 6 aromatic rings. The van der Waals surface area contributed by atoms with E-state index in [0.29, 0.717) is 5.65 Å². The van der Waals surface area contributed by atoms with Gasteiger partial charge in [-0.3, -0.25) is 15.1 Å². The highest BCUT2D eigenvalue weighted by atomic mass is 15.2. The number of hydrogen-bond donors (Lipinski definition) is 3. The molecule has 0 unspecified atom stereocenters. The van der Waals surface area contributed by atoms with E-state index in [1.165, 1.54) is 0 Å². The van der Waals surface area contributed by atoms with E-state index < -0.39 is 0 Å². The van der Waals surface area contributed by atoms with Crippen molar-refractivity contribution in [3.8, 4) is 33.6 Å². The summed E-state index contributed by atoms with van der Waals surface area (Å²) >= 11 is 0. The molecule has 35 heavy (non-hydrogen) atoms. The first-order valence-corrected chi connectivity index (χ1v) is 11.3. The van der Waals surface area contributed by atoms with Gasteiger partial charge in [-0.25, -0.2) is 9.97 Å². The Kier molecular flexibility index (Phi) is 5.03. The van der Waals surface area contributed by atoms with Crippen molar-refractivity contribution < 1.29 is 0 Å². The fourth-order valence-corrected chi connectivity index (χ4v) is 4.16. The monoisotopic (exact) mass is 458 g/mol. The molecule has 6 rings (SSSR count). The second kappa shape index (κ2) is 8.49. The standard InChI is InChI=1S/C27H22N8/c1-3-16(2)32-20-9-18(13-29-15-20)19-10-23-25(34-35-27(23)31-14-19)24-11-22-21(6-8-30-26(22)33-24)17-5-4-7-28-12-17/h4-15,32H,2-3H2,1H3,(H,30,33)(H,31,34,35). The van der Waals surface area contributed by atoms with Gasteiger partial charge in [-0.15, -0.1) is 0 Å². The molecule has 0 aromatic carbocycles. The molecule has 0 fully saturated rings. The quantitative estimate of drug-likeness (QED) is 0.284. The van der Waals surface area contributed by atoms with E-state index >= 15 is 0 Å². The Morgan fingerprint density at radius 1 is 0.914 bits per heavy atom. The van der Waals surface area contributed by atoms with Crippen LogP contribution in [0.5, 0.6) is 0 Å². The summed E-state index contributed by atoms with van der Waals surface area (Å²) in [5.41, 5.74) is 9.02. The number of rotatable bonds is 6. The molecule has 6 heterocycles. The largest absolute Gasteiger partial charge is 0.358 e. The molecule has 6 aromatic heterocycles. The summed E-state index contributed by atoms with van der Waals surface area (Å²) in [7, 11) is 0. The van der Waals surface area contributed by atoms with Crippen molar-refractivity contribution in [1.82, 2.24) is 35.1 Å². The molecule has 0 radical (unpaired) electrons. The van der Waals surface area contributed by atoms with Crippen molar-refractivity contribution in [3.05, 3.63) is 85.9 Å². The summed E-state index contributed by atoms with van der Waals surface area (Å²) in [5.74, 6) is 0. The van der Waals surface area contributed by atoms with Crippen molar-refractivity contribution in [3.63, 3.8) is 0 Å². The Morgan fingerprint density at radius 2 is 1.80 bits per heavy atom. The van der Waals surface area contributed by atoms with Gasteiger partial charge in [0.1, 0.15) is 5.65 Å². The Bertz CT molecular complexity index is 1680. The van der Waals surface area contributed by atoms with Gasteiger partial charge < -0.3 is 10.3 Å². The van der Waals surface area contributed by atoms with Crippen LogP contribution in [0.3, 0.4) is 0 Å². The first-order chi connectivity index (χ1) is 17.2. The summed E-state index contributed by atoms with van der Waals surface area (Å²) in [5, 5.41) is 12.8. The summed E-state index contributed by atoms with van der Waals surface area (Å²) in [6, 6.07) is 12.2. The Morgan fingerprint density at radius 3 is 2.66 bits per heavy atom. The van der Waals surface area contributed by atoms with Crippen LogP contribution in [0.15, 0.2) is 85.9 Å². The van der Waals surface area contributed by atoms with Crippen LogP contribution in [0, 0.1) is 0 Å². The SMILES string of the molecule is C=C(CC)Nc1cncc(-c2cnc3n[nH]c(-c4cc5c(-c6cccnc6)ccnc5[nH]4)c3c2)c1. The lowest BCUT2D eigenvalue weighted by Crippen LogP contribution is -1.97. The predicted octanol–water partition coefficient (Wildman–Crippen LogP) is 5.96. The maximum Gasteiger partial charge on any atom is 0.181 e. The third-order valence-corrected chi connectivity index (χ3v) is 6.00. The molecule has 0 aliphatic rings. The number of nitrogens with one attached hydrogen (secondary N) is 3. The van der Waals surface area contributed by atoms with Gasteiger partial charge in [-0.1, -0.05) is 19.6 Å². The second-order valence-corrected chi connectivity index (χ2v) is 8.28. The summed E-state index contributed by atoms with van der Waals surface area (Å²) in [6.45, 7) is 6.08. The summed E-state index contributed by atoms with van der Waals surface area (Å²) in [6.07, 6.45) is 11.7. The highest BCUT2D eigenvalue weighted by Crippen LogP contribution is 2.34. The van der Waals surface area contributed by atoms with Crippen molar-refractivity contribution in [1.29, 1.82) is 0 Å². The molecule has 0 bridgehead atoms. The van der Waals surface area contributed by atoms with Crippen LogP contribution in [0.4, 0.5) is 5.69 Å². The minimum absolute atomic E-state index is 0.643. The number of anilines is 1. The van der Waals surface area contributed by atoms with Crippen molar-refractivity contribution in [2.45, 2.75) is 13.3 Å². The van der Waals surface area contributed by atoms with Crippen LogP contribution in [-0.2, 0) is 0 Å². The van der Waals surface area contributed by atoms with Gasteiger partial charge in [0.2, 0.25) is 0 Å². The zero-order chi connectivity index (χ0) is 23.8. The number of H-pyrrole nitrogens is 2. The molecule has 0 aliphatic heterocycles. The maximum atomic E-state index is 4.58. The molecule has 0 saturated carbocycles. The first kappa shape index (κ1) is 20.7. The molecule has 0 amide bonds. The molecule has 8 nitrogen and oxygen atoms in total. The second-order valence-electron chi connectivity index (χ2n) is 8.28. The Balaban J connectivity index is 1.43. The fraction of sp³-hybridized carbons (Fsp3) is 0.0741. The number of aromatic amines is 2. The van der Waals surface area contributed by atoms with Crippen molar-refractivity contribution in [2.75, 3.05) is 5.32 Å². The van der Waals surface area contributed by atoms with Crippen LogP contribution in [-0.4, -0.2) is 35.1 Å². The van der Waals surface area contributed by atoms with Gasteiger partial charge in [0, 0.05) is 64.1 Å².